The summed E-state index contributed by atoms with van der Waals surface area (Å²) in [6.45, 7) is 0. The van der Waals surface area contributed by atoms with Gasteiger partial charge in [-0.2, -0.15) is 0 Å². The fourth-order valence-corrected chi connectivity index (χ4v) is 3.24. The molecule has 0 saturated carbocycles. The Morgan fingerprint density at radius 2 is 1.95 bits per heavy atom. The lowest BCUT2D eigenvalue weighted by Crippen LogP contribution is -2.05. The van der Waals surface area contributed by atoms with Crippen molar-refractivity contribution in [2.24, 2.45) is 7.05 Å². The van der Waals surface area contributed by atoms with Crippen LogP contribution in [-0.4, -0.2) is 22.8 Å². The number of carboxylic acid groups (broad SMARTS) is 1. The van der Waals surface area contributed by atoms with E-state index in [0.717, 1.165) is 20.2 Å². The first kappa shape index (κ1) is 14.1. The van der Waals surface area contributed by atoms with E-state index in [0.29, 0.717) is 5.75 Å². The van der Waals surface area contributed by atoms with Crippen molar-refractivity contribution in [2.45, 2.75) is 0 Å². The first-order chi connectivity index (χ1) is 8.95. The van der Waals surface area contributed by atoms with E-state index in [2.05, 4.69) is 31.9 Å². The Hall–Kier alpha value is -1.27. The van der Waals surface area contributed by atoms with Crippen LogP contribution in [0.25, 0.3) is 11.3 Å². The highest BCUT2D eigenvalue weighted by Gasteiger charge is 2.16. The summed E-state index contributed by atoms with van der Waals surface area (Å²) in [4.78, 5) is 11.1. The minimum Gasteiger partial charge on any atom is -0.496 e. The zero-order chi connectivity index (χ0) is 14.2. The molecule has 0 atom stereocenters. The maximum Gasteiger partial charge on any atom is 0.352 e. The second-order valence-electron chi connectivity index (χ2n) is 3.93. The molecule has 0 bridgehead atoms. The number of methoxy groups -OCH3 is 1. The van der Waals surface area contributed by atoms with E-state index in [1.807, 2.05) is 12.1 Å². The number of hydrogen-bond acceptors (Lipinski definition) is 2. The molecular formula is C13H11Br2NO3. The van der Waals surface area contributed by atoms with Crippen LogP contribution in [0.5, 0.6) is 5.75 Å². The number of benzene rings is 1. The summed E-state index contributed by atoms with van der Waals surface area (Å²) in [5, 5.41) is 9.08. The molecule has 1 aromatic heterocycles. The molecule has 2 rings (SSSR count). The van der Waals surface area contributed by atoms with E-state index in [1.54, 1.807) is 30.9 Å². The molecular weight excluding hydrogens is 378 g/mol. The number of ether oxygens (including phenoxy) is 1. The van der Waals surface area contributed by atoms with Crippen molar-refractivity contribution in [3.63, 3.8) is 0 Å². The van der Waals surface area contributed by atoms with Gasteiger partial charge in [0.25, 0.3) is 0 Å². The van der Waals surface area contributed by atoms with Crippen LogP contribution < -0.4 is 4.74 Å². The number of carbonyl (C=O) groups is 1. The number of aromatic carboxylic acids is 1. The summed E-state index contributed by atoms with van der Waals surface area (Å²) in [6, 6.07) is 7.09. The van der Waals surface area contributed by atoms with Gasteiger partial charge < -0.3 is 14.4 Å². The molecule has 0 saturated heterocycles. The number of aromatic nitrogens is 1. The third-order valence-corrected chi connectivity index (χ3v) is 4.13. The molecule has 0 aliphatic carbocycles. The number of hydrogen-bond donors (Lipinski definition) is 1. The van der Waals surface area contributed by atoms with Crippen LogP contribution in [0, 0.1) is 0 Å². The maximum absolute atomic E-state index is 11.1. The SMILES string of the molecule is COc1cc(-c2ccc(C(=O)O)n2C)c(Br)cc1Br. The van der Waals surface area contributed by atoms with Crippen LogP contribution in [0.1, 0.15) is 10.5 Å². The van der Waals surface area contributed by atoms with Crippen LogP contribution in [0.15, 0.2) is 33.2 Å². The van der Waals surface area contributed by atoms with Crippen LogP contribution >= 0.6 is 31.9 Å². The first-order valence-corrected chi connectivity index (χ1v) is 6.96. The standard InChI is InChI=1S/C13H11Br2NO3/c1-16-10(3-4-11(16)13(17)18)7-5-12(19-2)9(15)6-8(7)14/h3-6H,1-2H3,(H,17,18). The lowest BCUT2D eigenvalue weighted by molar-refractivity contribution is 0.0687. The van der Waals surface area contributed by atoms with E-state index in [1.165, 1.54) is 0 Å². The number of rotatable bonds is 3. The first-order valence-electron chi connectivity index (χ1n) is 5.38. The Morgan fingerprint density at radius 3 is 2.47 bits per heavy atom. The predicted octanol–water partition coefficient (Wildman–Crippen LogP) is 3.92. The van der Waals surface area contributed by atoms with Gasteiger partial charge in [0.2, 0.25) is 0 Å². The Labute approximate surface area is 127 Å². The Kier molecular flexibility index (Phi) is 4.01. The number of halogens is 2. The summed E-state index contributed by atoms with van der Waals surface area (Å²) < 4.78 is 8.59. The molecule has 1 heterocycles. The molecule has 0 spiro atoms. The number of carboxylic acids is 1. The van der Waals surface area contributed by atoms with Crippen molar-refractivity contribution < 1.29 is 14.6 Å². The second kappa shape index (κ2) is 5.38. The van der Waals surface area contributed by atoms with E-state index in [-0.39, 0.29) is 5.69 Å². The summed E-state index contributed by atoms with van der Waals surface area (Å²) >= 11 is 6.89. The van der Waals surface area contributed by atoms with Crippen LogP contribution in [0.4, 0.5) is 0 Å². The van der Waals surface area contributed by atoms with Gasteiger partial charge >= 0.3 is 5.97 Å². The lowest BCUT2D eigenvalue weighted by atomic mass is 10.1. The van der Waals surface area contributed by atoms with Crippen molar-refractivity contribution in [3.05, 3.63) is 38.9 Å². The second-order valence-corrected chi connectivity index (χ2v) is 5.64. The smallest absolute Gasteiger partial charge is 0.352 e. The normalized spacial score (nSPS) is 10.5. The topological polar surface area (TPSA) is 51.5 Å². The van der Waals surface area contributed by atoms with Crippen molar-refractivity contribution in [3.8, 4) is 17.0 Å². The van der Waals surface area contributed by atoms with Gasteiger partial charge in [-0.15, -0.1) is 0 Å². The zero-order valence-corrected chi connectivity index (χ0v) is 13.4. The fraction of sp³-hybridized carbons (Fsp3) is 0.154. The van der Waals surface area contributed by atoms with Gasteiger partial charge in [-0.05, 0) is 40.2 Å². The van der Waals surface area contributed by atoms with Crippen LogP contribution in [0.2, 0.25) is 0 Å². The van der Waals surface area contributed by atoms with Gasteiger partial charge in [0.15, 0.2) is 0 Å². The van der Waals surface area contributed by atoms with Crippen molar-refractivity contribution >= 4 is 37.8 Å². The molecule has 4 nitrogen and oxygen atoms in total. The molecule has 0 amide bonds. The molecule has 1 aromatic carbocycles. The van der Waals surface area contributed by atoms with Gasteiger partial charge in [-0.3, -0.25) is 0 Å². The van der Waals surface area contributed by atoms with Crippen LogP contribution in [0.3, 0.4) is 0 Å². The number of nitrogens with zero attached hydrogens (tertiary/aromatic N) is 1. The highest BCUT2D eigenvalue weighted by atomic mass is 79.9. The molecule has 0 fully saturated rings. The van der Waals surface area contributed by atoms with Gasteiger partial charge in [0.05, 0.1) is 11.6 Å². The Bertz CT molecular complexity index is 650. The quantitative estimate of drug-likeness (QED) is 0.866. The molecule has 6 heteroatoms. The third-order valence-electron chi connectivity index (χ3n) is 2.86. The van der Waals surface area contributed by atoms with Gasteiger partial charge in [0.1, 0.15) is 11.4 Å². The summed E-state index contributed by atoms with van der Waals surface area (Å²) in [5.41, 5.74) is 1.91. The van der Waals surface area contributed by atoms with Gasteiger partial charge in [0, 0.05) is 22.8 Å². The van der Waals surface area contributed by atoms with E-state index in [4.69, 9.17) is 9.84 Å². The summed E-state index contributed by atoms with van der Waals surface area (Å²) in [5.74, 6) is -0.259. The summed E-state index contributed by atoms with van der Waals surface area (Å²) in [6.07, 6.45) is 0. The zero-order valence-electron chi connectivity index (χ0n) is 10.3. The third kappa shape index (κ3) is 2.55. The highest BCUT2D eigenvalue weighted by Crippen LogP contribution is 2.37. The average Bonchev–Trinajstić information content (AvgIpc) is 2.71. The average molecular weight is 389 g/mol. The van der Waals surface area contributed by atoms with Crippen molar-refractivity contribution in [1.29, 1.82) is 0 Å². The summed E-state index contributed by atoms with van der Waals surface area (Å²) in [7, 11) is 3.31. The molecule has 2 aromatic rings. The minimum atomic E-state index is -0.950. The Balaban J connectivity index is 2.62. The minimum absolute atomic E-state index is 0.240. The van der Waals surface area contributed by atoms with E-state index >= 15 is 0 Å². The van der Waals surface area contributed by atoms with Crippen molar-refractivity contribution in [1.82, 2.24) is 4.57 Å². The van der Waals surface area contributed by atoms with Crippen molar-refractivity contribution in [2.75, 3.05) is 7.11 Å². The van der Waals surface area contributed by atoms with E-state index < -0.39 is 5.97 Å². The van der Waals surface area contributed by atoms with Crippen LogP contribution in [-0.2, 0) is 7.05 Å². The van der Waals surface area contributed by atoms with E-state index in [9.17, 15) is 4.79 Å². The van der Waals surface area contributed by atoms with Gasteiger partial charge in [-0.1, -0.05) is 15.9 Å². The Morgan fingerprint density at radius 1 is 1.26 bits per heavy atom. The monoisotopic (exact) mass is 387 g/mol. The lowest BCUT2D eigenvalue weighted by Gasteiger charge is -2.11. The molecule has 19 heavy (non-hydrogen) atoms. The highest BCUT2D eigenvalue weighted by molar-refractivity contribution is 9.11. The van der Waals surface area contributed by atoms with Gasteiger partial charge in [-0.25, -0.2) is 4.79 Å². The molecule has 0 aliphatic rings. The molecule has 100 valence electrons. The molecule has 0 unspecified atom stereocenters. The molecule has 0 aliphatic heterocycles. The molecule has 0 radical (unpaired) electrons. The molecule has 1 N–H and O–H groups in total. The largest absolute Gasteiger partial charge is 0.496 e. The fourth-order valence-electron chi connectivity index (χ4n) is 1.88. The predicted molar refractivity (Wildman–Crippen MR) is 79.8 cm³/mol. The maximum atomic E-state index is 11.1.